The van der Waals surface area contributed by atoms with Gasteiger partial charge in [0.1, 0.15) is 22.3 Å². The number of carboxylic acid groups (broad SMARTS) is 1. The van der Waals surface area contributed by atoms with E-state index in [4.69, 9.17) is 4.74 Å². The molecule has 0 spiro atoms. The molecule has 206 valence electrons. The van der Waals surface area contributed by atoms with E-state index in [9.17, 15) is 18.3 Å². The van der Waals surface area contributed by atoms with Gasteiger partial charge >= 0.3 is 5.97 Å². The van der Waals surface area contributed by atoms with E-state index in [0.29, 0.717) is 5.75 Å². The minimum absolute atomic E-state index is 0.106. The number of H-pyrrole nitrogens is 1. The number of aryl methyl sites for hydroxylation is 2. The van der Waals surface area contributed by atoms with Crippen LogP contribution in [0.15, 0.2) is 65.7 Å². The highest BCUT2D eigenvalue weighted by Crippen LogP contribution is 2.37. The summed E-state index contributed by atoms with van der Waals surface area (Å²) in [5.41, 5.74) is 5.64. The first kappa shape index (κ1) is 26.0. The number of para-hydroxylation sites is 1. The van der Waals surface area contributed by atoms with E-state index in [0.717, 1.165) is 44.2 Å². The van der Waals surface area contributed by atoms with Gasteiger partial charge in [-0.15, -0.1) is 5.10 Å². The van der Waals surface area contributed by atoms with Crippen molar-refractivity contribution in [1.82, 2.24) is 24.3 Å². The van der Waals surface area contributed by atoms with Crippen LogP contribution in [-0.4, -0.2) is 56.4 Å². The number of aromatic nitrogens is 4. The summed E-state index contributed by atoms with van der Waals surface area (Å²) in [6.45, 7) is 4.06. The Bertz CT molecular complexity index is 1880. The van der Waals surface area contributed by atoms with E-state index < -0.39 is 21.9 Å². The number of rotatable bonds is 6. The average molecular weight is 560 g/mol. The molecule has 0 bridgehead atoms. The fourth-order valence-corrected chi connectivity index (χ4v) is 7.30. The number of hydrogen-bond donors (Lipinski definition) is 2. The zero-order valence-electron chi connectivity index (χ0n) is 22.3. The summed E-state index contributed by atoms with van der Waals surface area (Å²) >= 11 is 0. The lowest BCUT2D eigenvalue weighted by Crippen LogP contribution is -2.35. The normalized spacial score (nSPS) is 17.8. The number of nitrogens with zero attached hydrogens (tertiary/aromatic N) is 4. The maximum atomic E-state index is 13.8. The van der Waals surface area contributed by atoms with Crippen molar-refractivity contribution < 1.29 is 23.1 Å². The number of aromatic amines is 1. The second-order valence-corrected chi connectivity index (χ2v) is 12.2. The van der Waals surface area contributed by atoms with Crippen LogP contribution in [0, 0.1) is 6.92 Å². The molecule has 1 unspecified atom stereocenters. The van der Waals surface area contributed by atoms with Gasteiger partial charge in [-0.05, 0) is 66.4 Å². The third kappa shape index (κ3) is 4.40. The van der Waals surface area contributed by atoms with Gasteiger partial charge in [0.25, 0.3) is 0 Å². The number of fused-ring (bicyclic) bond motifs is 3. The molecule has 1 aliphatic heterocycles. The fraction of sp³-hybridized carbons (Fsp3) is 0.276. The molecule has 0 saturated heterocycles. The van der Waals surface area contributed by atoms with Crippen molar-refractivity contribution in [3.05, 3.63) is 83.0 Å². The number of nitrogens with one attached hydrogen (secondary N) is 1. The fourth-order valence-electron chi connectivity index (χ4n) is 5.69. The Labute approximate surface area is 231 Å². The molecule has 0 saturated carbocycles. The van der Waals surface area contributed by atoms with E-state index in [1.807, 2.05) is 51.2 Å². The highest BCUT2D eigenvalue weighted by Gasteiger charge is 2.34. The molecule has 1 aliphatic rings. The molecule has 0 fully saturated rings. The van der Waals surface area contributed by atoms with Gasteiger partial charge in [0.15, 0.2) is 0 Å². The monoisotopic (exact) mass is 559 g/mol. The SMILES string of the molecule is Cc1c(C(CC(=O)O)c2cc(CN3C[C@@H](C)Oc4ccccc4S3(=O)=O)c3cc[nH]c3c2)ccc2c1nnn2C. The van der Waals surface area contributed by atoms with Crippen molar-refractivity contribution >= 4 is 37.9 Å². The third-order valence-electron chi connectivity index (χ3n) is 7.62. The third-order valence-corrected chi connectivity index (χ3v) is 9.47. The number of hydrogen-bond acceptors (Lipinski definition) is 6. The van der Waals surface area contributed by atoms with Crippen LogP contribution < -0.4 is 4.74 Å². The van der Waals surface area contributed by atoms with Gasteiger partial charge in [0.05, 0.1) is 18.5 Å². The summed E-state index contributed by atoms with van der Waals surface area (Å²) in [7, 11) is -2.03. The predicted molar refractivity (Wildman–Crippen MR) is 150 cm³/mol. The molecular weight excluding hydrogens is 530 g/mol. The summed E-state index contributed by atoms with van der Waals surface area (Å²) in [4.78, 5) is 15.5. The molecule has 3 aromatic carbocycles. The molecule has 6 rings (SSSR count). The number of carbonyl (C=O) groups is 1. The smallest absolute Gasteiger partial charge is 0.304 e. The van der Waals surface area contributed by atoms with Crippen LogP contribution in [0.2, 0.25) is 0 Å². The van der Waals surface area contributed by atoms with Gasteiger partial charge in [-0.1, -0.05) is 29.5 Å². The molecule has 2 atom stereocenters. The Balaban J connectivity index is 1.47. The van der Waals surface area contributed by atoms with Crippen LogP contribution in [0.25, 0.3) is 21.9 Å². The molecule has 40 heavy (non-hydrogen) atoms. The molecule has 0 radical (unpaired) electrons. The summed E-state index contributed by atoms with van der Waals surface area (Å²) in [6, 6.07) is 16.3. The van der Waals surface area contributed by atoms with Crippen LogP contribution in [0.3, 0.4) is 0 Å². The lowest BCUT2D eigenvalue weighted by molar-refractivity contribution is -0.137. The second kappa shape index (κ2) is 9.76. The Morgan fingerprint density at radius 3 is 2.80 bits per heavy atom. The minimum Gasteiger partial charge on any atom is -0.488 e. The molecular formula is C29H29N5O5S. The van der Waals surface area contributed by atoms with Gasteiger partial charge in [-0.25, -0.2) is 13.1 Å². The number of carboxylic acids is 1. The van der Waals surface area contributed by atoms with E-state index >= 15 is 0 Å². The number of aliphatic carboxylic acids is 1. The lowest BCUT2D eigenvalue weighted by Gasteiger charge is -2.24. The first-order chi connectivity index (χ1) is 19.1. The summed E-state index contributed by atoms with van der Waals surface area (Å²) in [5.74, 6) is -1.08. The number of sulfonamides is 1. The molecule has 3 heterocycles. The van der Waals surface area contributed by atoms with E-state index in [-0.39, 0.29) is 30.5 Å². The van der Waals surface area contributed by atoms with E-state index in [1.54, 1.807) is 35.1 Å². The highest BCUT2D eigenvalue weighted by molar-refractivity contribution is 7.89. The van der Waals surface area contributed by atoms with Crippen molar-refractivity contribution in [2.45, 2.75) is 43.7 Å². The zero-order chi connectivity index (χ0) is 28.2. The molecule has 0 aliphatic carbocycles. The van der Waals surface area contributed by atoms with Crippen LogP contribution in [0.4, 0.5) is 0 Å². The quantitative estimate of drug-likeness (QED) is 0.317. The molecule has 11 heteroatoms. The highest BCUT2D eigenvalue weighted by atomic mass is 32.2. The van der Waals surface area contributed by atoms with E-state index in [2.05, 4.69) is 15.3 Å². The first-order valence-corrected chi connectivity index (χ1v) is 14.4. The second-order valence-electron chi connectivity index (χ2n) is 10.3. The van der Waals surface area contributed by atoms with Crippen molar-refractivity contribution in [1.29, 1.82) is 0 Å². The summed E-state index contributed by atoms with van der Waals surface area (Å²) < 4.78 is 36.6. The first-order valence-electron chi connectivity index (χ1n) is 13.0. The summed E-state index contributed by atoms with van der Waals surface area (Å²) in [6.07, 6.45) is 1.31. The standard InChI is InChI=1S/C29H29N5O5S/c1-17-15-34(40(37,38)27-7-5-4-6-26(27)39-17)16-20-12-19(13-24-22(20)10-11-30-24)23(14-28(35)36)21-8-9-25-29(18(21)2)31-32-33(25)3/h4-13,17,23,30H,14-16H2,1-3H3,(H,35,36)/t17-,23?/m1/s1. The molecule has 10 nitrogen and oxygen atoms in total. The Morgan fingerprint density at radius 1 is 1.20 bits per heavy atom. The minimum atomic E-state index is -3.85. The summed E-state index contributed by atoms with van der Waals surface area (Å²) in [5, 5.41) is 19.2. The van der Waals surface area contributed by atoms with Crippen LogP contribution >= 0.6 is 0 Å². The van der Waals surface area contributed by atoms with Crippen LogP contribution in [-0.2, 0) is 28.4 Å². The molecule has 0 amide bonds. The van der Waals surface area contributed by atoms with Crippen molar-refractivity contribution in [2.24, 2.45) is 7.05 Å². The largest absolute Gasteiger partial charge is 0.488 e. The Hall–Kier alpha value is -4.22. The molecule has 2 N–H and O–H groups in total. The maximum absolute atomic E-state index is 13.8. The van der Waals surface area contributed by atoms with Crippen LogP contribution in [0.1, 0.15) is 41.5 Å². The lowest BCUT2D eigenvalue weighted by atomic mass is 9.84. The van der Waals surface area contributed by atoms with Gasteiger partial charge in [0.2, 0.25) is 10.0 Å². The number of benzene rings is 3. The average Bonchev–Trinajstić information content (AvgIpc) is 3.52. The van der Waals surface area contributed by atoms with Gasteiger partial charge in [0, 0.05) is 36.6 Å². The van der Waals surface area contributed by atoms with E-state index in [1.165, 1.54) is 4.31 Å². The van der Waals surface area contributed by atoms with Crippen molar-refractivity contribution in [2.75, 3.05) is 6.54 Å². The van der Waals surface area contributed by atoms with Crippen molar-refractivity contribution in [3.63, 3.8) is 0 Å². The van der Waals surface area contributed by atoms with Crippen molar-refractivity contribution in [3.8, 4) is 5.75 Å². The van der Waals surface area contributed by atoms with Crippen LogP contribution in [0.5, 0.6) is 5.75 Å². The molecule has 5 aromatic rings. The predicted octanol–water partition coefficient (Wildman–Crippen LogP) is 4.34. The molecule has 2 aromatic heterocycles. The van der Waals surface area contributed by atoms with Gasteiger partial charge in [-0.2, -0.15) is 4.31 Å². The number of ether oxygens (including phenoxy) is 1. The Kier molecular flexibility index (Phi) is 6.35. The maximum Gasteiger partial charge on any atom is 0.304 e. The Morgan fingerprint density at radius 2 is 2.00 bits per heavy atom. The zero-order valence-corrected chi connectivity index (χ0v) is 23.1. The van der Waals surface area contributed by atoms with Gasteiger partial charge < -0.3 is 14.8 Å². The van der Waals surface area contributed by atoms with Gasteiger partial charge in [-0.3, -0.25) is 4.79 Å². The topological polar surface area (TPSA) is 130 Å².